The first-order valence-electron chi connectivity index (χ1n) is 22.7. The Morgan fingerprint density at radius 3 is 1.90 bits per heavy atom. The number of halogens is 1. The minimum atomic E-state index is -1.05. The number of benzene rings is 6. The van der Waals surface area contributed by atoms with Gasteiger partial charge >= 0.3 is 5.97 Å². The molecule has 0 saturated heterocycles. The molecule has 0 spiro atoms. The maximum absolute atomic E-state index is 15.5. The number of pyridine rings is 1. The van der Waals surface area contributed by atoms with E-state index in [1.165, 1.54) is 17.7 Å². The van der Waals surface area contributed by atoms with E-state index in [0.717, 1.165) is 61.7 Å². The number of para-hydroxylation sites is 1. The van der Waals surface area contributed by atoms with Gasteiger partial charge in [0.25, 0.3) is 0 Å². The van der Waals surface area contributed by atoms with Crippen molar-refractivity contribution in [2.75, 3.05) is 0 Å². The largest absolute Gasteiger partial charge is 0.507 e. The van der Waals surface area contributed by atoms with Crippen molar-refractivity contribution in [2.24, 2.45) is 0 Å². The topological polar surface area (TPSA) is 97.5 Å². The molecule has 8 aromatic rings. The average Bonchev–Trinajstić information content (AvgIpc) is 3.66. The van der Waals surface area contributed by atoms with Gasteiger partial charge in [0.1, 0.15) is 17.4 Å². The van der Waals surface area contributed by atoms with Gasteiger partial charge in [0.05, 0.1) is 27.8 Å². The molecular formula is C59H59FN3O4Pt-. The smallest absolute Gasteiger partial charge is 0.372 e. The summed E-state index contributed by atoms with van der Waals surface area (Å²) in [5.41, 5.74) is 12.0. The summed E-state index contributed by atoms with van der Waals surface area (Å²) < 4.78 is 17.7. The van der Waals surface area contributed by atoms with Crippen LogP contribution in [0.4, 0.5) is 4.39 Å². The third-order valence-corrected chi connectivity index (χ3v) is 12.6. The van der Waals surface area contributed by atoms with Crippen LogP contribution in [0.25, 0.3) is 72.7 Å². The summed E-state index contributed by atoms with van der Waals surface area (Å²) in [5, 5.41) is 21.4. The minimum Gasteiger partial charge on any atom is -0.507 e. The van der Waals surface area contributed by atoms with Gasteiger partial charge in [-0.3, -0.25) is 14.4 Å². The molecule has 7 nitrogen and oxygen atoms in total. The number of nitrogens with zero attached hydrogens (tertiary/aromatic N) is 3. The molecule has 8 rings (SSSR count). The second-order valence-electron chi connectivity index (χ2n) is 21.7. The summed E-state index contributed by atoms with van der Waals surface area (Å²) >= 11 is 0. The molecule has 0 aliphatic carbocycles. The van der Waals surface area contributed by atoms with Crippen LogP contribution in [0.15, 0.2) is 128 Å². The van der Waals surface area contributed by atoms with Crippen LogP contribution in [0.5, 0.6) is 5.75 Å². The summed E-state index contributed by atoms with van der Waals surface area (Å²) in [6.07, 6.45) is 1.63. The molecule has 6 aromatic carbocycles. The Morgan fingerprint density at radius 1 is 0.618 bits per heavy atom. The third kappa shape index (κ3) is 9.72. The van der Waals surface area contributed by atoms with Gasteiger partial charge in [-0.2, -0.15) is 5.26 Å². The fourth-order valence-electron chi connectivity index (χ4n) is 8.56. The molecule has 68 heavy (non-hydrogen) atoms. The Labute approximate surface area is 414 Å². The van der Waals surface area contributed by atoms with Gasteiger partial charge in [0, 0.05) is 49.6 Å². The average molecular weight is 1090 g/mol. The van der Waals surface area contributed by atoms with Crippen molar-refractivity contribution in [3.8, 4) is 67.5 Å². The van der Waals surface area contributed by atoms with E-state index in [1.807, 2.05) is 18.2 Å². The molecule has 0 saturated carbocycles. The second kappa shape index (κ2) is 18.4. The quantitative estimate of drug-likeness (QED) is 0.0937. The molecule has 0 aliphatic rings. The van der Waals surface area contributed by atoms with E-state index in [-0.39, 0.29) is 59.6 Å². The van der Waals surface area contributed by atoms with Gasteiger partial charge in [-0.15, -0.1) is 29.3 Å². The summed E-state index contributed by atoms with van der Waals surface area (Å²) in [6.45, 7) is 26.1. The molecule has 2 N–H and O–H groups in total. The molecule has 0 radical (unpaired) electrons. The zero-order valence-electron chi connectivity index (χ0n) is 40.9. The van der Waals surface area contributed by atoms with Crippen LogP contribution in [-0.2, 0) is 47.6 Å². The first-order valence-corrected chi connectivity index (χ1v) is 22.7. The normalized spacial score (nSPS) is 12.3. The minimum absolute atomic E-state index is 0. The fraction of sp³-hybridized carbons (Fsp3) is 0.271. The fourth-order valence-corrected chi connectivity index (χ4v) is 8.56. The number of carbonyl (C=O) groups is 1. The Hall–Kier alpha value is -6.21. The molecule has 0 atom stereocenters. The monoisotopic (exact) mass is 1090 g/mol. The number of aromatic nitrogens is 3. The zero-order valence-corrected chi connectivity index (χ0v) is 43.1. The van der Waals surface area contributed by atoms with E-state index in [9.17, 15) is 9.90 Å². The van der Waals surface area contributed by atoms with Crippen molar-refractivity contribution < 1.29 is 45.5 Å². The van der Waals surface area contributed by atoms with Crippen molar-refractivity contribution in [3.63, 3.8) is 0 Å². The number of phenolic OH excluding ortho intramolecular Hbond substituents is 1. The molecule has 0 aliphatic heterocycles. The van der Waals surface area contributed by atoms with Crippen LogP contribution in [0.2, 0.25) is 0 Å². The van der Waals surface area contributed by atoms with Gasteiger partial charge in [-0.1, -0.05) is 161 Å². The Bertz CT molecular complexity index is 3200. The second-order valence-corrected chi connectivity index (χ2v) is 21.7. The molecule has 0 fully saturated rings. The van der Waals surface area contributed by atoms with Crippen LogP contribution in [0.1, 0.15) is 116 Å². The summed E-state index contributed by atoms with van der Waals surface area (Å²) in [5.74, 6) is -0.892. The van der Waals surface area contributed by atoms with E-state index in [1.54, 1.807) is 12.3 Å². The van der Waals surface area contributed by atoms with Crippen molar-refractivity contribution >= 4 is 17.0 Å². The Morgan fingerprint density at radius 2 is 1.26 bits per heavy atom. The van der Waals surface area contributed by atoms with Crippen LogP contribution < -0.4 is 0 Å². The van der Waals surface area contributed by atoms with Crippen molar-refractivity contribution in [1.29, 1.82) is 0 Å². The zero-order chi connectivity index (χ0) is 48.4. The van der Waals surface area contributed by atoms with Crippen LogP contribution in [0.3, 0.4) is 0 Å². The molecule has 0 unspecified atom stereocenters. The van der Waals surface area contributed by atoms with Crippen molar-refractivity contribution in [3.05, 3.63) is 167 Å². The van der Waals surface area contributed by atoms with Crippen molar-refractivity contribution in [2.45, 2.75) is 105 Å². The summed E-state index contributed by atoms with van der Waals surface area (Å²) in [4.78, 5) is 26.1. The van der Waals surface area contributed by atoms with Gasteiger partial charge in [-0.25, -0.2) is 14.2 Å². The summed E-state index contributed by atoms with van der Waals surface area (Å²) in [6, 6.07) is 42.9. The Kier molecular flexibility index (Phi) is 13.4. The van der Waals surface area contributed by atoms with Crippen molar-refractivity contribution in [1.82, 2.24) is 14.5 Å². The van der Waals surface area contributed by atoms with Gasteiger partial charge < -0.3 is 5.11 Å². The van der Waals surface area contributed by atoms with Gasteiger partial charge in [0.2, 0.25) is 0 Å². The number of imidazole rings is 1. The third-order valence-electron chi connectivity index (χ3n) is 12.6. The number of fused-ring (bicyclic) bond motifs is 1. The van der Waals surface area contributed by atoms with E-state index in [0.29, 0.717) is 28.2 Å². The van der Waals surface area contributed by atoms with Gasteiger partial charge in [-0.05, 0) is 86.4 Å². The van der Waals surface area contributed by atoms with E-state index in [2.05, 4.69) is 177 Å². The molecular weight excluding hydrogens is 1030 g/mol. The molecule has 9 heteroatoms. The number of phenols is 1. The number of carbonyl (C=O) groups excluding carboxylic acids is 1. The molecule has 0 amide bonds. The number of hydrogen-bond acceptors (Lipinski definition) is 6. The van der Waals surface area contributed by atoms with Crippen LogP contribution in [-0.4, -0.2) is 30.9 Å². The number of rotatable bonds is 7. The predicted octanol–water partition coefficient (Wildman–Crippen LogP) is 15.2. The summed E-state index contributed by atoms with van der Waals surface area (Å²) in [7, 11) is 0. The molecule has 352 valence electrons. The molecule has 0 bridgehead atoms. The van der Waals surface area contributed by atoms with E-state index in [4.69, 9.17) is 15.2 Å². The Balaban J connectivity index is 0.00000684. The molecule has 2 aromatic heterocycles. The van der Waals surface area contributed by atoms with E-state index < -0.39 is 11.8 Å². The van der Waals surface area contributed by atoms with Gasteiger partial charge in [0.15, 0.2) is 0 Å². The van der Waals surface area contributed by atoms with Crippen LogP contribution >= 0.6 is 0 Å². The molecule has 2 heterocycles. The first-order chi connectivity index (χ1) is 31.4. The number of aromatic hydroxyl groups is 1. The SMILES string of the molecule is CC(C)(C)c1cc(-c2cc(-c3ccc(C(=O)OO)cc3F)ccn2)[c-]c(-c2cccc3c2nc(-c2cc(C(C)(C)C)cc(C(C)(C)C)c2O)n3-c2ccc(C(C)(C)C)cc2-c2ccccc2)c1.[Pt]. The number of hydrogen-bond donors (Lipinski definition) is 2. The standard InChI is InChI=1S/C59H59FN3O4.Pt/c1-56(2,3)40-22-24-50(45(32-40)35-17-14-13-15-18-35)63-51-20-16-19-44(52(51)62-54(63)46-33-42(58(7,8)9)34-47(53(46)64)59(10,11)12)38-27-39(29-41(28-38)57(4,5)6)49-31-36(25-26-61-49)43-23-21-37(30-48(43)60)55(65)67-66;/h13-26,28-34,64,66H,1-12H3;/q-1;. The maximum atomic E-state index is 15.5. The maximum Gasteiger partial charge on any atom is 0.372 e. The van der Waals surface area contributed by atoms with Crippen LogP contribution in [0, 0.1) is 11.9 Å². The first kappa shape index (κ1) is 49.7. The van der Waals surface area contributed by atoms with E-state index >= 15 is 4.39 Å². The predicted molar refractivity (Wildman–Crippen MR) is 269 cm³/mol.